The molecule has 142 valence electrons. The van der Waals surface area contributed by atoms with E-state index in [2.05, 4.69) is 31.2 Å². The molecule has 1 aromatic carbocycles. The second-order valence-electron chi connectivity index (χ2n) is 6.04. The molecule has 0 aliphatic carbocycles. The largest absolute Gasteiger partial charge is 0.463 e. The lowest BCUT2D eigenvalue weighted by atomic mass is 10.1. The number of hydrogen-bond donors (Lipinski definition) is 2. The molecule has 0 bridgehead atoms. The van der Waals surface area contributed by atoms with E-state index in [-0.39, 0.29) is 22.4 Å². The smallest absolute Gasteiger partial charge is 0.366 e. The number of aliphatic imine (C=N–C) groups is 1. The Morgan fingerprint density at radius 3 is 2.67 bits per heavy atom. The van der Waals surface area contributed by atoms with Gasteiger partial charge in [0.2, 0.25) is 0 Å². The number of carbonyl (C=O) groups is 1. The highest BCUT2D eigenvalue weighted by Crippen LogP contribution is 2.29. The normalized spacial score (nSPS) is 16.6. The lowest BCUT2D eigenvalue weighted by molar-refractivity contribution is -0.141. The first-order valence-electron chi connectivity index (χ1n) is 8.22. The van der Waals surface area contributed by atoms with Crippen LogP contribution in [0.2, 0.25) is 0 Å². The summed E-state index contributed by atoms with van der Waals surface area (Å²) in [6, 6.07) is 11.0. The van der Waals surface area contributed by atoms with E-state index in [4.69, 9.17) is 10.5 Å². The van der Waals surface area contributed by atoms with Crippen LogP contribution in [0.4, 0.5) is 14.5 Å². The van der Waals surface area contributed by atoms with E-state index in [1.54, 1.807) is 24.3 Å². The maximum absolute atomic E-state index is 14.3. The SMILES string of the molecule is NC1=N[C@@H](CCc2ccc(NC(=O)C(F)(F)c3cccc(Br)n3)cc2)CO1. The van der Waals surface area contributed by atoms with Gasteiger partial charge in [-0.3, -0.25) is 4.79 Å². The summed E-state index contributed by atoms with van der Waals surface area (Å²) < 4.78 is 33.9. The number of halogens is 3. The third-order valence-electron chi connectivity index (χ3n) is 4.03. The summed E-state index contributed by atoms with van der Waals surface area (Å²) in [6.45, 7) is 0.471. The minimum Gasteiger partial charge on any atom is -0.463 e. The van der Waals surface area contributed by atoms with E-state index in [0.717, 1.165) is 24.5 Å². The average Bonchev–Trinajstić information content (AvgIpc) is 3.06. The van der Waals surface area contributed by atoms with Crippen molar-refractivity contribution >= 4 is 33.5 Å². The number of nitrogens with zero attached hydrogens (tertiary/aromatic N) is 2. The van der Waals surface area contributed by atoms with Gasteiger partial charge in [-0.05, 0) is 58.6 Å². The third-order valence-corrected chi connectivity index (χ3v) is 4.48. The summed E-state index contributed by atoms with van der Waals surface area (Å²) in [4.78, 5) is 19.8. The average molecular weight is 439 g/mol. The predicted molar refractivity (Wildman–Crippen MR) is 101 cm³/mol. The van der Waals surface area contributed by atoms with Gasteiger partial charge in [0, 0.05) is 5.69 Å². The zero-order chi connectivity index (χ0) is 19.4. The van der Waals surface area contributed by atoms with Crippen LogP contribution in [0.25, 0.3) is 0 Å². The molecule has 6 nitrogen and oxygen atoms in total. The number of carbonyl (C=O) groups excluding carboxylic acids is 1. The Hall–Kier alpha value is -2.55. The number of nitrogens with two attached hydrogens (primary N) is 1. The molecule has 1 aliphatic heterocycles. The fourth-order valence-electron chi connectivity index (χ4n) is 2.58. The van der Waals surface area contributed by atoms with Gasteiger partial charge in [0.05, 0.1) is 6.04 Å². The quantitative estimate of drug-likeness (QED) is 0.677. The lowest BCUT2D eigenvalue weighted by Crippen LogP contribution is -2.33. The standard InChI is InChI=1S/C18H17BrF2N4O2/c19-15-3-1-2-14(25-15)18(20,21)16(26)23-12-7-4-11(5-8-12)6-9-13-10-27-17(22)24-13/h1-5,7-8,13H,6,9-10H2,(H2,22,24)(H,23,26)/t13-/m0/s1. The number of pyridine rings is 1. The number of rotatable bonds is 6. The second kappa shape index (κ2) is 7.99. The molecule has 0 unspecified atom stereocenters. The van der Waals surface area contributed by atoms with Gasteiger partial charge in [-0.1, -0.05) is 18.2 Å². The first-order valence-corrected chi connectivity index (χ1v) is 9.01. The Morgan fingerprint density at radius 2 is 2.04 bits per heavy atom. The minimum absolute atomic E-state index is 0.0285. The van der Waals surface area contributed by atoms with Crippen LogP contribution in [-0.4, -0.2) is 29.6 Å². The van der Waals surface area contributed by atoms with E-state index in [1.807, 2.05) is 0 Å². The molecule has 0 saturated carbocycles. The first kappa shape index (κ1) is 19.2. The summed E-state index contributed by atoms with van der Waals surface area (Å²) in [5, 5.41) is 2.23. The summed E-state index contributed by atoms with van der Waals surface area (Å²) in [6.07, 6.45) is 1.50. The highest BCUT2D eigenvalue weighted by molar-refractivity contribution is 9.10. The van der Waals surface area contributed by atoms with E-state index in [9.17, 15) is 13.6 Å². The summed E-state index contributed by atoms with van der Waals surface area (Å²) in [5.74, 6) is -5.18. The monoisotopic (exact) mass is 438 g/mol. The van der Waals surface area contributed by atoms with Crippen LogP contribution in [0, 0.1) is 0 Å². The maximum atomic E-state index is 14.3. The second-order valence-corrected chi connectivity index (χ2v) is 6.85. The molecule has 0 saturated heterocycles. The Labute approximate surface area is 163 Å². The van der Waals surface area contributed by atoms with E-state index < -0.39 is 17.5 Å². The van der Waals surface area contributed by atoms with E-state index in [0.29, 0.717) is 6.61 Å². The highest BCUT2D eigenvalue weighted by Gasteiger charge is 2.42. The molecule has 2 aromatic rings. The zero-order valence-corrected chi connectivity index (χ0v) is 15.7. The fraction of sp³-hybridized carbons (Fsp3) is 0.278. The molecule has 27 heavy (non-hydrogen) atoms. The van der Waals surface area contributed by atoms with Gasteiger partial charge >= 0.3 is 11.8 Å². The first-order chi connectivity index (χ1) is 12.8. The Morgan fingerprint density at radius 1 is 1.30 bits per heavy atom. The van der Waals surface area contributed by atoms with Crippen molar-refractivity contribution in [1.29, 1.82) is 0 Å². The zero-order valence-electron chi connectivity index (χ0n) is 14.2. The molecule has 1 amide bonds. The molecule has 3 N–H and O–H groups in total. The van der Waals surface area contributed by atoms with Crippen molar-refractivity contribution in [3.8, 4) is 0 Å². The van der Waals surface area contributed by atoms with Crippen LogP contribution in [0.15, 0.2) is 52.1 Å². The Kier molecular flexibility index (Phi) is 5.69. The van der Waals surface area contributed by atoms with Gasteiger partial charge in [-0.2, -0.15) is 8.78 Å². The van der Waals surface area contributed by atoms with Crippen LogP contribution in [-0.2, 0) is 21.9 Å². The van der Waals surface area contributed by atoms with Crippen molar-refractivity contribution in [2.24, 2.45) is 10.7 Å². The number of benzene rings is 1. The van der Waals surface area contributed by atoms with Crippen molar-refractivity contribution < 1.29 is 18.3 Å². The fourth-order valence-corrected chi connectivity index (χ4v) is 2.92. The molecule has 0 radical (unpaired) electrons. The number of aryl methyl sites for hydroxylation is 1. The summed E-state index contributed by atoms with van der Waals surface area (Å²) in [5.41, 5.74) is 6.12. The van der Waals surface area contributed by atoms with Crippen LogP contribution >= 0.6 is 15.9 Å². The molecular formula is C18H17BrF2N4O2. The predicted octanol–water partition coefficient (Wildman–Crippen LogP) is 3.22. The molecule has 0 fully saturated rings. The molecule has 1 aliphatic rings. The van der Waals surface area contributed by atoms with E-state index in [1.165, 1.54) is 12.1 Å². The van der Waals surface area contributed by atoms with Gasteiger partial charge in [0.1, 0.15) is 16.9 Å². The number of nitrogens with one attached hydrogen (secondary N) is 1. The number of ether oxygens (including phenoxy) is 1. The van der Waals surface area contributed by atoms with Crippen molar-refractivity contribution in [2.45, 2.75) is 24.8 Å². The van der Waals surface area contributed by atoms with Gasteiger partial charge in [0.25, 0.3) is 6.02 Å². The van der Waals surface area contributed by atoms with E-state index >= 15 is 0 Å². The number of hydrogen-bond acceptors (Lipinski definition) is 5. The number of anilines is 1. The van der Waals surface area contributed by atoms with Gasteiger partial charge in [0.15, 0.2) is 0 Å². The molecular weight excluding hydrogens is 422 g/mol. The summed E-state index contributed by atoms with van der Waals surface area (Å²) >= 11 is 3.02. The topological polar surface area (TPSA) is 89.6 Å². The molecule has 2 heterocycles. The number of amidine groups is 1. The van der Waals surface area contributed by atoms with Crippen LogP contribution in [0.5, 0.6) is 0 Å². The Balaban J connectivity index is 1.59. The lowest BCUT2D eigenvalue weighted by Gasteiger charge is -2.16. The maximum Gasteiger partial charge on any atom is 0.366 e. The molecule has 1 aromatic heterocycles. The highest BCUT2D eigenvalue weighted by atomic mass is 79.9. The van der Waals surface area contributed by atoms with Gasteiger partial charge in [-0.15, -0.1) is 0 Å². The van der Waals surface area contributed by atoms with Crippen molar-refractivity contribution in [3.63, 3.8) is 0 Å². The van der Waals surface area contributed by atoms with Crippen LogP contribution in [0.3, 0.4) is 0 Å². The van der Waals surface area contributed by atoms with Crippen LogP contribution < -0.4 is 11.1 Å². The summed E-state index contributed by atoms with van der Waals surface area (Å²) in [7, 11) is 0. The van der Waals surface area contributed by atoms with Gasteiger partial charge < -0.3 is 15.8 Å². The molecule has 9 heteroatoms. The van der Waals surface area contributed by atoms with Crippen molar-refractivity contribution in [2.75, 3.05) is 11.9 Å². The number of aromatic nitrogens is 1. The molecule has 3 rings (SSSR count). The molecule has 1 atom stereocenters. The number of amides is 1. The number of alkyl halides is 2. The van der Waals surface area contributed by atoms with Crippen molar-refractivity contribution in [1.82, 2.24) is 4.98 Å². The third kappa shape index (κ3) is 4.79. The minimum atomic E-state index is -3.75. The van der Waals surface area contributed by atoms with Crippen LogP contribution in [0.1, 0.15) is 17.7 Å². The Bertz CT molecular complexity index is 859. The molecule has 0 spiro atoms. The van der Waals surface area contributed by atoms with Crippen molar-refractivity contribution in [3.05, 3.63) is 58.3 Å². The van der Waals surface area contributed by atoms with Gasteiger partial charge in [-0.25, -0.2) is 9.98 Å².